The van der Waals surface area contributed by atoms with Crippen LogP contribution in [0.2, 0.25) is 10.0 Å². The molecule has 6 heteroatoms. The lowest BCUT2D eigenvalue weighted by atomic mass is 9.96. The highest BCUT2D eigenvalue weighted by atomic mass is 35.5. The van der Waals surface area contributed by atoms with E-state index < -0.39 is 6.23 Å². The molecule has 146 valence electrons. The van der Waals surface area contributed by atoms with Gasteiger partial charge >= 0.3 is 0 Å². The third kappa shape index (κ3) is 3.22. The van der Waals surface area contributed by atoms with Crippen molar-refractivity contribution in [2.45, 2.75) is 18.7 Å². The number of methoxy groups -OCH3 is 1. The largest absolute Gasteiger partial charge is 0.497 e. The first-order valence-corrected chi connectivity index (χ1v) is 10.1. The third-order valence-corrected chi connectivity index (χ3v) is 5.89. The first kappa shape index (κ1) is 18.3. The van der Waals surface area contributed by atoms with Crippen LogP contribution in [0.3, 0.4) is 0 Å². The summed E-state index contributed by atoms with van der Waals surface area (Å²) in [4.78, 5) is 0. The molecule has 0 amide bonds. The topological polar surface area (TPSA) is 34.1 Å². The molecule has 0 aromatic heterocycles. The van der Waals surface area contributed by atoms with E-state index in [2.05, 4.69) is 12.1 Å². The van der Waals surface area contributed by atoms with Gasteiger partial charge in [0.15, 0.2) is 0 Å². The third-order valence-electron chi connectivity index (χ3n) is 5.33. The Hall–Kier alpha value is -2.69. The first-order chi connectivity index (χ1) is 14.1. The van der Waals surface area contributed by atoms with Gasteiger partial charge in [-0.25, -0.2) is 5.01 Å². The summed E-state index contributed by atoms with van der Waals surface area (Å²) in [5.41, 5.74) is 3.99. The Bertz CT molecular complexity index is 1120. The summed E-state index contributed by atoms with van der Waals surface area (Å²) in [6.07, 6.45) is 0.345. The van der Waals surface area contributed by atoms with Crippen LogP contribution in [0.5, 0.6) is 11.5 Å². The molecule has 3 aromatic carbocycles. The lowest BCUT2D eigenvalue weighted by Gasteiger charge is -2.38. The van der Waals surface area contributed by atoms with Gasteiger partial charge in [-0.2, -0.15) is 5.10 Å². The lowest BCUT2D eigenvalue weighted by Crippen LogP contribution is -2.33. The number of halogens is 2. The van der Waals surface area contributed by atoms with Gasteiger partial charge in [-0.3, -0.25) is 0 Å². The molecule has 2 aliphatic heterocycles. The molecule has 0 radical (unpaired) electrons. The van der Waals surface area contributed by atoms with Crippen LogP contribution in [0.1, 0.15) is 35.4 Å². The van der Waals surface area contributed by atoms with Crippen molar-refractivity contribution < 1.29 is 9.47 Å². The number of ether oxygens (including phenoxy) is 2. The molecule has 2 atom stereocenters. The van der Waals surface area contributed by atoms with E-state index in [0.29, 0.717) is 10.0 Å². The van der Waals surface area contributed by atoms with Crippen molar-refractivity contribution in [3.8, 4) is 11.5 Å². The number of hydrogen-bond donors (Lipinski definition) is 0. The van der Waals surface area contributed by atoms with E-state index in [9.17, 15) is 0 Å². The molecule has 0 N–H and O–H groups in total. The van der Waals surface area contributed by atoms with Crippen LogP contribution < -0.4 is 9.47 Å². The van der Waals surface area contributed by atoms with Gasteiger partial charge < -0.3 is 9.47 Å². The minimum absolute atomic E-state index is 0.0675. The lowest BCUT2D eigenvalue weighted by molar-refractivity contribution is -0.0189. The predicted molar refractivity (Wildman–Crippen MR) is 115 cm³/mol. The summed E-state index contributed by atoms with van der Waals surface area (Å²) < 4.78 is 11.7. The van der Waals surface area contributed by atoms with Crippen LogP contribution in [0, 0.1) is 0 Å². The second kappa shape index (κ2) is 7.29. The summed E-state index contributed by atoms with van der Waals surface area (Å²) in [6, 6.07) is 21.6. The maximum atomic E-state index is 6.52. The van der Waals surface area contributed by atoms with Crippen LogP contribution in [0.25, 0.3) is 0 Å². The van der Waals surface area contributed by atoms with Crippen LogP contribution in [-0.2, 0) is 0 Å². The Kier molecular flexibility index (Phi) is 4.61. The van der Waals surface area contributed by atoms with Crippen molar-refractivity contribution in [1.82, 2.24) is 5.01 Å². The highest BCUT2D eigenvalue weighted by Crippen LogP contribution is 2.48. The number of para-hydroxylation sites is 1. The van der Waals surface area contributed by atoms with Crippen molar-refractivity contribution in [2.75, 3.05) is 7.11 Å². The Labute approximate surface area is 179 Å². The Morgan fingerprint density at radius 1 is 1.00 bits per heavy atom. The smallest absolute Gasteiger partial charge is 0.215 e. The second-order valence-electron chi connectivity index (χ2n) is 7.05. The zero-order valence-electron chi connectivity index (χ0n) is 15.7. The number of hydrogen-bond acceptors (Lipinski definition) is 4. The molecule has 0 aliphatic carbocycles. The monoisotopic (exact) mass is 424 g/mol. The van der Waals surface area contributed by atoms with Gasteiger partial charge in [0.25, 0.3) is 0 Å². The molecule has 2 unspecified atom stereocenters. The van der Waals surface area contributed by atoms with E-state index in [4.69, 9.17) is 37.8 Å². The van der Waals surface area contributed by atoms with Crippen LogP contribution >= 0.6 is 23.2 Å². The van der Waals surface area contributed by atoms with E-state index in [-0.39, 0.29) is 6.04 Å². The van der Waals surface area contributed by atoms with E-state index in [1.807, 2.05) is 53.5 Å². The number of hydrazone groups is 1. The van der Waals surface area contributed by atoms with Crippen molar-refractivity contribution >= 4 is 28.9 Å². The van der Waals surface area contributed by atoms with Gasteiger partial charge in [-0.05, 0) is 30.3 Å². The molecular weight excluding hydrogens is 407 g/mol. The van der Waals surface area contributed by atoms with E-state index >= 15 is 0 Å². The molecule has 3 aromatic rings. The van der Waals surface area contributed by atoms with Gasteiger partial charge in [0.1, 0.15) is 11.5 Å². The van der Waals surface area contributed by atoms with Crippen LogP contribution in [0.15, 0.2) is 71.8 Å². The summed E-state index contributed by atoms with van der Waals surface area (Å²) in [5, 5.41) is 8.11. The average molecular weight is 425 g/mol. The van der Waals surface area contributed by atoms with Gasteiger partial charge in [0.05, 0.1) is 23.9 Å². The minimum atomic E-state index is -0.428. The van der Waals surface area contributed by atoms with Crippen molar-refractivity contribution in [2.24, 2.45) is 5.10 Å². The fourth-order valence-electron chi connectivity index (χ4n) is 3.92. The number of fused-ring (bicyclic) bond motifs is 3. The summed E-state index contributed by atoms with van der Waals surface area (Å²) in [6.45, 7) is 0. The van der Waals surface area contributed by atoms with Crippen LogP contribution in [-0.4, -0.2) is 17.8 Å². The van der Waals surface area contributed by atoms with Gasteiger partial charge in [0, 0.05) is 28.1 Å². The van der Waals surface area contributed by atoms with E-state index in [0.717, 1.165) is 40.3 Å². The maximum Gasteiger partial charge on any atom is 0.215 e. The minimum Gasteiger partial charge on any atom is -0.497 e. The maximum absolute atomic E-state index is 6.52. The number of nitrogens with zero attached hydrogens (tertiary/aromatic N) is 2. The second-order valence-corrected chi connectivity index (χ2v) is 7.90. The summed E-state index contributed by atoms with van der Waals surface area (Å²) in [5.74, 6) is 1.66. The van der Waals surface area contributed by atoms with Crippen molar-refractivity contribution in [3.63, 3.8) is 0 Å². The predicted octanol–water partition coefficient (Wildman–Crippen LogP) is 6.24. The highest BCUT2D eigenvalue weighted by Gasteiger charge is 2.41. The molecule has 0 bridgehead atoms. The van der Waals surface area contributed by atoms with Crippen molar-refractivity contribution in [1.29, 1.82) is 0 Å². The molecule has 5 rings (SSSR count). The molecule has 2 heterocycles. The molecule has 0 spiro atoms. The molecular formula is C23H18Cl2N2O2. The summed E-state index contributed by atoms with van der Waals surface area (Å²) >= 11 is 12.6. The van der Waals surface area contributed by atoms with Crippen molar-refractivity contribution in [3.05, 3.63) is 93.5 Å². The molecule has 2 aliphatic rings. The Balaban J connectivity index is 1.60. The Morgan fingerprint density at radius 2 is 1.86 bits per heavy atom. The van der Waals surface area contributed by atoms with E-state index in [1.165, 1.54) is 0 Å². The number of benzene rings is 3. The zero-order valence-corrected chi connectivity index (χ0v) is 17.2. The summed E-state index contributed by atoms with van der Waals surface area (Å²) in [7, 11) is 1.67. The standard InChI is InChI=1S/C23H18Cl2N2O2/c1-28-16-6-4-5-14(11-16)20-13-21-18-7-2-3-8-22(18)29-23(27(21)26-20)17-10-9-15(24)12-19(17)25/h2-12,21,23H,13H2,1H3. The fraction of sp³-hybridized carbons (Fsp3) is 0.174. The first-order valence-electron chi connectivity index (χ1n) is 9.35. The van der Waals surface area contributed by atoms with Crippen LogP contribution in [0.4, 0.5) is 0 Å². The normalized spacial score (nSPS) is 19.8. The molecule has 0 saturated heterocycles. The fourth-order valence-corrected chi connectivity index (χ4v) is 4.42. The molecule has 0 fully saturated rings. The molecule has 4 nitrogen and oxygen atoms in total. The molecule has 29 heavy (non-hydrogen) atoms. The van der Waals surface area contributed by atoms with E-state index in [1.54, 1.807) is 13.2 Å². The Morgan fingerprint density at radius 3 is 2.69 bits per heavy atom. The van der Waals surface area contributed by atoms with Gasteiger partial charge in [-0.15, -0.1) is 0 Å². The highest BCUT2D eigenvalue weighted by molar-refractivity contribution is 6.35. The zero-order chi connectivity index (χ0) is 20.0. The SMILES string of the molecule is COc1cccc(C2=NN3C(C2)c2ccccc2OC3c2ccc(Cl)cc2Cl)c1. The molecule has 0 saturated carbocycles. The van der Waals surface area contributed by atoms with Gasteiger partial charge in [-0.1, -0.05) is 59.6 Å². The average Bonchev–Trinajstić information content (AvgIpc) is 3.19. The van der Waals surface area contributed by atoms with Gasteiger partial charge in [0.2, 0.25) is 6.23 Å². The number of rotatable bonds is 3. The quantitative estimate of drug-likeness (QED) is 0.498.